The molecular weight excluding hydrogens is 250 g/mol. The van der Waals surface area contributed by atoms with Crippen LogP contribution in [0.1, 0.15) is 25.7 Å². The van der Waals surface area contributed by atoms with Gasteiger partial charge in [0.15, 0.2) is 5.82 Å². The third-order valence-electron chi connectivity index (χ3n) is 2.61. The van der Waals surface area contributed by atoms with E-state index in [1.54, 1.807) is 0 Å². The predicted molar refractivity (Wildman–Crippen MR) is 61.8 cm³/mol. The Bertz CT molecular complexity index is 454. The van der Waals surface area contributed by atoms with Gasteiger partial charge in [0, 0.05) is 0 Å². The second kappa shape index (κ2) is 4.55. The van der Waals surface area contributed by atoms with Crippen molar-refractivity contribution in [2.75, 3.05) is 4.72 Å². The van der Waals surface area contributed by atoms with Gasteiger partial charge in [-0.3, -0.25) is 4.72 Å². The Kier molecular flexibility index (Phi) is 3.30. The van der Waals surface area contributed by atoms with Crippen LogP contribution < -0.4 is 4.72 Å². The number of aromatic nitrogens is 2. The quantitative estimate of drug-likeness (QED) is 0.901. The smallest absolute Gasteiger partial charge is 0.236 e. The standard InChI is InChI=1S/C9H12ClN3O2S/c10-8-5-12-9(6-11-8)13-16(14,15)7-3-1-2-4-7/h5-7H,1-4H2,(H,12,13). The molecule has 7 heteroatoms. The first kappa shape index (κ1) is 11.6. The molecule has 0 saturated heterocycles. The van der Waals surface area contributed by atoms with E-state index >= 15 is 0 Å². The fraction of sp³-hybridized carbons (Fsp3) is 0.556. The van der Waals surface area contributed by atoms with Crippen molar-refractivity contribution >= 4 is 27.4 Å². The van der Waals surface area contributed by atoms with Crippen LogP contribution in [0.4, 0.5) is 5.82 Å². The van der Waals surface area contributed by atoms with Crippen molar-refractivity contribution in [3.05, 3.63) is 17.5 Å². The van der Waals surface area contributed by atoms with Gasteiger partial charge in [-0.15, -0.1) is 0 Å². The van der Waals surface area contributed by atoms with Gasteiger partial charge in [0.25, 0.3) is 0 Å². The molecule has 1 heterocycles. The third-order valence-corrected chi connectivity index (χ3v) is 4.65. The normalized spacial score (nSPS) is 17.6. The van der Waals surface area contributed by atoms with E-state index in [-0.39, 0.29) is 16.2 Å². The van der Waals surface area contributed by atoms with Crippen molar-refractivity contribution < 1.29 is 8.42 Å². The molecule has 1 aromatic rings. The van der Waals surface area contributed by atoms with E-state index in [4.69, 9.17) is 11.6 Å². The molecule has 0 atom stereocenters. The molecule has 1 aromatic heterocycles. The molecule has 88 valence electrons. The molecule has 0 unspecified atom stereocenters. The maximum absolute atomic E-state index is 11.9. The Morgan fingerprint density at radius 1 is 1.25 bits per heavy atom. The summed E-state index contributed by atoms with van der Waals surface area (Å²) in [6, 6.07) is 0. The predicted octanol–water partition coefficient (Wildman–Crippen LogP) is 1.81. The summed E-state index contributed by atoms with van der Waals surface area (Å²) in [7, 11) is -3.32. The maximum atomic E-state index is 11.9. The van der Waals surface area contributed by atoms with Crippen LogP contribution in [0.15, 0.2) is 12.4 Å². The number of sulfonamides is 1. The number of anilines is 1. The fourth-order valence-electron chi connectivity index (χ4n) is 1.79. The Balaban J connectivity index is 2.11. The number of hydrogen-bond donors (Lipinski definition) is 1. The molecule has 1 N–H and O–H groups in total. The van der Waals surface area contributed by atoms with Crippen molar-refractivity contribution in [1.82, 2.24) is 9.97 Å². The van der Waals surface area contributed by atoms with E-state index in [0.29, 0.717) is 0 Å². The lowest BCUT2D eigenvalue weighted by Gasteiger charge is -2.12. The van der Waals surface area contributed by atoms with Gasteiger partial charge >= 0.3 is 0 Å². The first-order chi connectivity index (χ1) is 7.58. The number of nitrogens with one attached hydrogen (secondary N) is 1. The topological polar surface area (TPSA) is 72.0 Å². The lowest BCUT2D eigenvalue weighted by Crippen LogP contribution is -2.25. The van der Waals surface area contributed by atoms with Gasteiger partial charge < -0.3 is 0 Å². The van der Waals surface area contributed by atoms with E-state index in [1.807, 2.05) is 0 Å². The zero-order valence-electron chi connectivity index (χ0n) is 8.56. The highest BCUT2D eigenvalue weighted by Gasteiger charge is 2.28. The summed E-state index contributed by atoms with van der Waals surface area (Å²) < 4.78 is 26.2. The number of hydrogen-bond acceptors (Lipinski definition) is 4. The average Bonchev–Trinajstić information content (AvgIpc) is 2.75. The van der Waals surface area contributed by atoms with E-state index in [9.17, 15) is 8.42 Å². The third kappa shape index (κ3) is 2.62. The first-order valence-electron chi connectivity index (χ1n) is 5.07. The summed E-state index contributed by atoms with van der Waals surface area (Å²) in [4.78, 5) is 7.62. The Hall–Kier alpha value is -0.880. The van der Waals surface area contributed by atoms with E-state index in [2.05, 4.69) is 14.7 Å². The number of halogens is 1. The van der Waals surface area contributed by atoms with Crippen LogP contribution in [-0.2, 0) is 10.0 Å². The molecule has 0 amide bonds. The Labute approximate surface area is 99.3 Å². The summed E-state index contributed by atoms with van der Waals surface area (Å²) in [6.45, 7) is 0. The summed E-state index contributed by atoms with van der Waals surface area (Å²) >= 11 is 5.56. The summed E-state index contributed by atoms with van der Waals surface area (Å²) in [5.74, 6) is 0.219. The monoisotopic (exact) mass is 261 g/mol. The van der Waals surface area contributed by atoms with E-state index in [0.717, 1.165) is 25.7 Å². The minimum absolute atomic E-state index is 0.219. The number of rotatable bonds is 3. The lowest BCUT2D eigenvalue weighted by atomic mass is 10.4. The van der Waals surface area contributed by atoms with Crippen LogP contribution in [0.25, 0.3) is 0 Å². The van der Waals surface area contributed by atoms with Crippen LogP contribution >= 0.6 is 11.6 Å². The van der Waals surface area contributed by atoms with Crippen LogP contribution in [-0.4, -0.2) is 23.6 Å². The molecule has 1 fully saturated rings. The molecule has 0 bridgehead atoms. The van der Waals surface area contributed by atoms with Crippen molar-refractivity contribution in [3.63, 3.8) is 0 Å². The first-order valence-corrected chi connectivity index (χ1v) is 6.99. The highest BCUT2D eigenvalue weighted by molar-refractivity contribution is 7.93. The Morgan fingerprint density at radius 2 is 1.94 bits per heavy atom. The molecule has 2 rings (SSSR count). The van der Waals surface area contributed by atoms with Crippen LogP contribution in [0, 0.1) is 0 Å². The minimum Gasteiger partial charge on any atom is -0.266 e. The van der Waals surface area contributed by atoms with Gasteiger partial charge in [-0.2, -0.15) is 0 Å². The molecule has 0 radical (unpaired) electrons. The molecule has 1 saturated carbocycles. The maximum Gasteiger partial charge on any atom is 0.236 e. The van der Waals surface area contributed by atoms with Gasteiger partial charge in [0.05, 0.1) is 17.6 Å². The Morgan fingerprint density at radius 3 is 2.50 bits per heavy atom. The van der Waals surface area contributed by atoms with Gasteiger partial charge in [-0.1, -0.05) is 24.4 Å². The lowest BCUT2D eigenvalue weighted by molar-refractivity contribution is 0.585. The molecule has 1 aliphatic rings. The van der Waals surface area contributed by atoms with Crippen LogP contribution in [0.5, 0.6) is 0 Å². The second-order valence-electron chi connectivity index (χ2n) is 3.78. The van der Waals surface area contributed by atoms with E-state index in [1.165, 1.54) is 12.4 Å². The summed E-state index contributed by atoms with van der Waals surface area (Å²) in [6.07, 6.45) is 6.01. The van der Waals surface area contributed by atoms with Crippen molar-refractivity contribution in [2.45, 2.75) is 30.9 Å². The SMILES string of the molecule is O=S(=O)(Nc1cnc(Cl)cn1)C1CCCC1. The highest BCUT2D eigenvalue weighted by atomic mass is 35.5. The molecule has 1 aliphatic carbocycles. The molecule has 5 nitrogen and oxygen atoms in total. The fourth-order valence-corrected chi connectivity index (χ4v) is 3.41. The molecular formula is C9H12ClN3O2S. The largest absolute Gasteiger partial charge is 0.266 e. The molecule has 16 heavy (non-hydrogen) atoms. The van der Waals surface area contributed by atoms with Crippen molar-refractivity contribution in [3.8, 4) is 0 Å². The minimum atomic E-state index is -3.32. The molecule has 0 spiro atoms. The van der Waals surface area contributed by atoms with Crippen molar-refractivity contribution in [2.24, 2.45) is 0 Å². The van der Waals surface area contributed by atoms with Gasteiger partial charge in [-0.25, -0.2) is 18.4 Å². The zero-order chi connectivity index (χ0) is 11.6. The zero-order valence-corrected chi connectivity index (χ0v) is 10.1. The van der Waals surface area contributed by atoms with Crippen LogP contribution in [0.2, 0.25) is 5.15 Å². The van der Waals surface area contributed by atoms with E-state index < -0.39 is 10.0 Å². The van der Waals surface area contributed by atoms with Crippen LogP contribution in [0.3, 0.4) is 0 Å². The highest BCUT2D eigenvalue weighted by Crippen LogP contribution is 2.25. The van der Waals surface area contributed by atoms with Gasteiger partial charge in [0.2, 0.25) is 10.0 Å². The second-order valence-corrected chi connectivity index (χ2v) is 6.13. The summed E-state index contributed by atoms with van der Waals surface area (Å²) in [5, 5.41) is -0.0613. The van der Waals surface area contributed by atoms with Crippen molar-refractivity contribution in [1.29, 1.82) is 0 Å². The number of nitrogens with zero attached hydrogens (tertiary/aromatic N) is 2. The average molecular weight is 262 g/mol. The molecule has 0 aliphatic heterocycles. The summed E-state index contributed by atoms with van der Waals surface area (Å²) in [5.41, 5.74) is 0. The van der Waals surface area contributed by atoms with Gasteiger partial charge in [-0.05, 0) is 12.8 Å². The van der Waals surface area contributed by atoms with Gasteiger partial charge in [0.1, 0.15) is 5.15 Å². The molecule has 0 aromatic carbocycles.